The molecule has 2 nitrogen and oxygen atoms in total. The molecule has 0 amide bonds. The van der Waals surface area contributed by atoms with Gasteiger partial charge in [-0.15, -0.1) is 173 Å². The lowest BCUT2D eigenvalue weighted by atomic mass is 9.65. The Hall–Kier alpha value is 3.13. The zero-order chi connectivity index (χ0) is 87.5. The molecule has 16 unspecified atom stereocenters. The highest BCUT2D eigenvalue weighted by molar-refractivity contribution is 9.40. The van der Waals surface area contributed by atoms with Crippen LogP contribution in [0.5, 0.6) is 0 Å². The maximum absolute atomic E-state index is 5.75. The number of thiophene rings is 5. The van der Waals surface area contributed by atoms with Gasteiger partial charge in [0.2, 0.25) is 0 Å². The second-order valence-electron chi connectivity index (χ2n) is 31.9. The van der Waals surface area contributed by atoms with Gasteiger partial charge < -0.3 is 0 Å². The summed E-state index contributed by atoms with van der Waals surface area (Å²) in [6.45, 7) is 14.4. The number of aryl methyl sites for hydroxylation is 6. The Bertz CT molecular complexity index is 5500. The Labute approximate surface area is 806 Å². The molecular formula is C92H119N2P25S5. The van der Waals surface area contributed by atoms with Crippen molar-refractivity contribution < 1.29 is 0 Å². The Morgan fingerprint density at radius 2 is 0.653 bits per heavy atom. The number of fused-ring (bicyclic) bond motifs is 7. The predicted octanol–water partition coefficient (Wildman–Crippen LogP) is 42.4. The van der Waals surface area contributed by atoms with Crippen LogP contribution >= 0.6 is 258 Å². The van der Waals surface area contributed by atoms with Crippen LogP contribution in [0, 0.1) is 13.8 Å². The quantitative estimate of drug-likeness (QED) is 0.0283. The number of unbranched alkanes of at least 4 members (excludes halogenated alkanes) is 12. The van der Waals surface area contributed by atoms with Gasteiger partial charge in [0, 0.05) is 50.1 Å². The number of rotatable bonds is 40. The molecule has 15 rings (SSSR count). The molecule has 124 heavy (non-hydrogen) atoms. The van der Waals surface area contributed by atoms with Crippen LogP contribution < -0.4 is 0 Å². The molecule has 0 saturated heterocycles. The number of hydrogen-bond acceptors (Lipinski definition) is 7. The molecule has 2 aliphatic carbocycles. The average Bonchev–Trinajstić information content (AvgIpc) is 1.50. The van der Waals surface area contributed by atoms with Crippen molar-refractivity contribution >= 4 is 269 Å². The molecule has 32 heteroatoms. The molecule has 2 aliphatic rings. The van der Waals surface area contributed by atoms with Gasteiger partial charge >= 0.3 is 0 Å². The summed E-state index contributed by atoms with van der Waals surface area (Å²) in [5.41, 5.74) is 24.2. The minimum absolute atomic E-state index is 0.00618. The molecule has 0 spiro atoms. The molecule has 6 aromatic heterocycles. The van der Waals surface area contributed by atoms with E-state index in [4.69, 9.17) is 9.97 Å². The van der Waals surface area contributed by atoms with Crippen molar-refractivity contribution in [2.45, 2.75) is 181 Å². The van der Waals surface area contributed by atoms with Gasteiger partial charge in [-0.25, -0.2) is 9.97 Å². The summed E-state index contributed by atoms with van der Waals surface area (Å²) in [5, 5.41) is 0. The molecule has 13 aromatic rings. The van der Waals surface area contributed by atoms with E-state index in [-0.39, 0.29) is 76.9 Å². The first kappa shape index (κ1) is 103. The number of nitrogens with zero attached hydrogens (tertiary/aromatic N) is 2. The van der Waals surface area contributed by atoms with Crippen molar-refractivity contribution in [3.05, 3.63) is 283 Å². The summed E-state index contributed by atoms with van der Waals surface area (Å²) in [5.74, 6) is 0. The standard InChI is InChI=1S/C92H92N2S5.H27P25/c1-7-11-15-21-29-63-38-46-69(47-39-63)91(70-48-40-64(41-49-70)30-22-16-12-8-2)75-59-74-76(58-73(75)87-77(91)57-62(6)96-87)92(71-50-42-65(43-51-71)31-23-17-13-9-3,72-52-44-66(45-53-72)32-24-18-14-10-4)78-60-82(98-88(74)78)79-55-56-81(97-79)90-86-85(89(99-90)80-54-37-61(5)95-80)93-83(67-33-25-19-26-34-67)84(94-86)68-35-27-20-28-36-68;1-14-21(15(2)3)24(20(12)13)25(22(16(4)5)17(6)7)23(18(8)9)19(10)11/h19-20,25-28,33-60H,7-18,21-24,29-32H2,1-6H3;14H,1-13H2. The predicted molar refractivity (Wildman–Crippen MR) is 642 cm³/mol. The molecule has 0 fully saturated rings. The summed E-state index contributed by atoms with van der Waals surface area (Å²) in [4.78, 5) is 24.2. The number of hydrogen-bond donors (Lipinski definition) is 0. The molecule has 0 bridgehead atoms. The molecular weight excluding hydrogens is 2070 g/mol. The van der Waals surface area contributed by atoms with Crippen molar-refractivity contribution in [1.82, 2.24) is 9.97 Å². The van der Waals surface area contributed by atoms with Crippen LogP contribution in [0.25, 0.3) is 83.7 Å². The maximum atomic E-state index is 5.75. The van der Waals surface area contributed by atoms with E-state index in [2.05, 4.69) is 364 Å². The fourth-order valence-corrected chi connectivity index (χ4v) is 338. The van der Waals surface area contributed by atoms with E-state index < -0.39 is 10.8 Å². The van der Waals surface area contributed by atoms with Gasteiger partial charge in [-0.3, -0.25) is 0 Å². The monoisotopic (exact) mass is 2190 g/mol. The maximum Gasteiger partial charge on any atom is 0.110 e. The Morgan fingerprint density at radius 1 is 0.298 bits per heavy atom. The van der Waals surface area contributed by atoms with Gasteiger partial charge in [-0.1, -0.05) is 270 Å². The van der Waals surface area contributed by atoms with Crippen LogP contribution in [0.4, 0.5) is 0 Å². The molecule has 7 aromatic carbocycles. The summed E-state index contributed by atoms with van der Waals surface area (Å²) >= 11 is 9.60. The van der Waals surface area contributed by atoms with Gasteiger partial charge in [0.15, 0.2) is 0 Å². The van der Waals surface area contributed by atoms with E-state index >= 15 is 0 Å². The van der Waals surface area contributed by atoms with Gasteiger partial charge in [0.05, 0.1) is 32.0 Å². The average molecular weight is 2190 g/mol. The summed E-state index contributed by atoms with van der Waals surface area (Å²) in [6.07, 6.45) is 24.5. The zero-order valence-electron chi connectivity index (χ0n) is 71.6. The van der Waals surface area contributed by atoms with Crippen LogP contribution in [0.2, 0.25) is 0 Å². The number of aromatic nitrogens is 2. The fraction of sp³-hybridized carbons (Fsp3) is 0.304. The minimum Gasteiger partial charge on any atom is -0.242 e. The van der Waals surface area contributed by atoms with Gasteiger partial charge in [-0.05, 0) is 268 Å². The van der Waals surface area contributed by atoms with E-state index in [1.165, 1.54) is 229 Å². The van der Waals surface area contributed by atoms with Crippen LogP contribution in [-0.2, 0) is 36.5 Å². The summed E-state index contributed by atoms with van der Waals surface area (Å²) < 4.78 is 0. The van der Waals surface area contributed by atoms with Crippen LogP contribution in [-0.4, -0.2) is 9.97 Å². The highest BCUT2D eigenvalue weighted by Crippen LogP contribution is 3.34. The third kappa shape index (κ3) is 23.4. The first-order valence-corrected chi connectivity index (χ1v) is 91.7. The van der Waals surface area contributed by atoms with E-state index in [1.807, 2.05) is 56.7 Å². The molecule has 652 valence electrons. The van der Waals surface area contributed by atoms with Crippen LogP contribution in [0.3, 0.4) is 0 Å². The summed E-state index contributed by atoms with van der Waals surface area (Å²) in [6, 6.07) is 81.3. The fourth-order valence-electron chi connectivity index (χ4n) is 17.5. The van der Waals surface area contributed by atoms with Crippen molar-refractivity contribution in [3.63, 3.8) is 0 Å². The van der Waals surface area contributed by atoms with Crippen LogP contribution in [0.1, 0.15) is 207 Å². The molecule has 16 atom stereocenters. The van der Waals surface area contributed by atoms with Gasteiger partial charge in [0.1, 0.15) is 11.0 Å². The third-order valence-corrected chi connectivity index (χ3v) is 191. The lowest BCUT2D eigenvalue weighted by molar-refractivity contribution is 0.666. The Kier molecular flexibility index (Phi) is 41.0. The van der Waals surface area contributed by atoms with Crippen molar-refractivity contribution in [2.24, 2.45) is 0 Å². The SMILES string of the molecule is CCCCCCc1ccc(C2(c3ccc(CCCCCC)cc3)c3cc4c(cc3-c3sc(C)cc32)C(c2ccc(CCCCCC)cc2)(c2ccc(CCCCCC)cc2)c2cc(-c3ccc(-c5sc(-c6ccc(C)s6)c6nc(-c7ccccc7)c(-c7ccccc7)nc56)s3)sc2-4)cc1.PPP(P(P)P)P(P(P)P)P(P(P(P)P)P(P)P)P(P(P)P)P(P)P. The van der Waals surface area contributed by atoms with Gasteiger partial charge in [-0.2, -0.15) is 0 Å². The largest absolute Gasteiger partial charge is 0.242 e. The topological polar surface area (TPSA) is 25.8 Å². The van der Waals surface area contributed by atoms with Crippen molar-refractivity contribution in [2.75, 3.05) is 0 Å². The van der Waals surface area contributed by atoms with Crippen molar-refractivity contribution in [1.29, 1.82) is 0 Å². The Balaban J connectivity index is 0.000000435. The van der Waals surface area contributed by atoms with E-state index in [0.717, 1.165) is 67.2 Å². The first-order valence-electron chi connectivity index (χ1n) is 42.8. The molecule has 6 heterocycles. The first-order chi connectivity index (χ1) is 60.1. The highest BCUT2D eigenvalue weighted by atomic mass is 33.5. The normalized spacial score (nSPS) is 14.0. The third-order valence-electron chi connectivity index (χ3n) is 23.4. The van der Waals surface area contributed by atoms with E-state index in [1.54, 1.807) is 0 Å². The molecule has 0 radical (unpaired) electrons. The minimum atomic E-state index is -0.607. The Morgan fingerprint density at radius 3 is 1.00 bits per heavy atom. The van der Waals surface area contributed by atoms with E-state index in [9.17, 15) is 0 Å². The number of benzene rings is 7. The molecule has 0 saturated carbocycles. The molecule has 0 N–H and O–H groups in total. The zero-order valence-corrected chi connectivity index (χ0v) is 102. The van der Waals surface area contributed by atoms with E-state index in [0.29, 0.717) is 0 Å². The lowest BCUT2D eigenvalue weighted by Crippen LogP contribution is -2.30. The van der Waals surface area contributed by atoms with Gasteiger partial charge in [0.25, 0.3) is 0 Å². The second kappa shape index (κ2) is 49.3. The van der Waals surface area contributed by atoms with Crippen molar-refractivity contribution in [3.8, 4) is 72.7 Å². The second-order valence-corrected chi connectivity index (χ2v) is 136. The van der Waals surface area contributed by atoms with Crippen LogP contribution in [0.15, 0.2) is 206 Å². The summed E-state index contributed by atoms with van der Waals surface area (Å²) in [7, 11) is 43.0. The smallest absolute Gasteiger partial charge is 0.110 e. The highest BCUT2D eigenvalue weighted by Gasteiger charge is 2.54. The lowest BCUT2D eigenvalue weighted by Gasteiger charge is -2.49. The molecule has 0 aliphatic heterocycles.